The first-order valence-electron chi connectivity index (χ1n) is 11.2. The highest BCUT2D eigenvalue weighted by Crippen LogP contribution is 2.26. The van der Waals surface area contributed by atoms with Gasteiger partial charge in [0.25, 0.3) is 11.5 Å². The molecule has 1 atom stereocenters. The zero-order valence-electron chi connectivity index (χ0n) is 19.0. The van der Waals surface area contributed by atoms with Gasteiger partial charge in [-0.15, -0.1) is 0 Å². The number of carbonyl (C=O) groups excluding carboxylic acids is 2. The number of amides is 2. The van der Waals surface area contributed by atoms with Crippen LogP contribution in [0.4, 0.5) is 0 Å². The van der Waals surface area contributed by atoms with E-state index in [0.717, 1.165) is 17.4 Å². The van der Waals surface area contributed by atoms with Gasteiger partial charge in [-0.25, -0.2) is 0 Å². The Bertz CT molecular complexity index is 1240. The minimum atomic E-state index is -0.703. The molecule has 1 aliphatic carbocycles. The van der Waals surface area contributed by atoms with E-state index >= 15 is 0 Å². The van der Waals surface area contributed by atoms with E-state index < -0.39 is 17.3 Å². The van der Waals surface area contributed by atoms with Crippen LogP contribution in [0.5, 0.6) is 5.88 Å². The lowest BCUT2D eigenvalue weighted by Gasteiger charge is -2.17. The Morgan fingerprint density at radius 1 is 1.33 bits per heavy atom. The van der Waals surface area contributed by atoms with Crippen molar-refractivity contribution in [3.63, 3.8) is 0 Å². The maximum atomic E-state index is 13.1. The molecule has 2 fully saturated rings. The summed E-state index contributed by atoms with van der Waals surface area (Å²) in [4.78, 5) is 40.1. The minimum absolute atomic E-state index is 0.0284. The number of aromatic nitrogens is 3. The summed E-state index contributed by atoms with van der Waals surface area (Å²) >= 11 is 0. The number of likely N-dealkylation sites (tertiary alicyclic amines) is 1. The van der Waals surface area contributed by atoms with Gasteiger partial charge in [0, 0.05) is 37.3 Å². The van der Waals surface area contributed by atoms with E-state index in [2.05, 4.69) is 16.5 Å². The number of rotatable bonds is 6. The van der Waals surface area contributed by atoms with Crippen LogP contribution in [0.1, 0.15) is 54.7 Å². The van der Waals surface area contributed by atoms with Gasteiger partial charge in [0.15, 0.2) is 5.56 Å². The fourth-order valence-electron chi connectivity index (χ4n) is 4.11. The summed E-state index contributed by atoms with van der Waals surface area (Å²) in [7, 11) is 0. The van der Waals surface area contributed by atoms with Crippen LogP contribution >= 0.6 is 0 Å². The highest BCUT2D eigenvalue weighted by molar-refractivity contribution is 5.97. The largest absolute Gasteiger partial charge is 0.494 e. The fourth-order valence-corrected chi connectivity index (χ4v) is 4.11. The number of aryl methyl sites for hydroxylation is 1. The van der Waals surface area contributed by atoms with E-state index in [1.54, 1.807) is 17.9 Å². The van der Waals surface area contributed by atoms with Crippen molar-refractivity contribution in [2.45, 2.75) is 52.6 Å². The zero-order valence-corrected chi connectivity index (χ0v) is 19.0. The van der Waals surface area contributed by atoms with Crippen molar-refractivity contribution in [1.29, 1.82) is 5.26 Å². The molecule has 1 aliphatic heterocycles. The molecule has 2 amide bonds. The number of carbonyl (C=O) groups is 2. The molecule has 2 aromatic heterocycles. The lowest BCUT2D eigenvalue weighted by atomic mass is 10.1. The Balaban J connectivity index is 1.78. The summed E-state index contributed by atoms with van der Waals surface area (Å²) in [5.41, 5.74) is 0.299. The van der Waals surface area contributed by atoms with Crippen LogP contribution in [0.3, 0.4) is 0 Å². The molecule has 2 aromatic rings. The van der Waals surface area contributed by atoms with E-state index in [4.69, 9.17) is 5.26 Å². The SMILES string of the molecule is Cc1nn2c(=O)c(C(=O)NC3CC3)c(O)n(CC(C)C)c2c1/C=C/C(=O)N1CC[C@H](C#N)C1. The van der Waals surface area contributed by atoms with Crippen LogP contribution in [0, 0.1) is 30.1 Å². The standard InChI is InChI=1S/C23H28N6O4/c1-13(2)11-28-21-17(6-7-18(30)27-9-8-15(10-24)12-27)14(3)26-29(21)23(33)19(22(28)32)20(31)25-16-4-5-16/h6-7,13,15-16,32H,4-5,8-9,11-12H2,1-3H3,(H,25,31)/b7-6+/t15-/m1/s1. The highest BCUT2D eigenvalue weighted by Gasteiger charge is 2.30. The van der Waals surface area contributed by atoms with Gasteiger partial charge in [-0.1, -0.05) is 13.8 Å². The van der Waals surface area contributed by atoms with Gasteiger partial charge in [0.05, 0.1) is 17.7 Å². The van der Waals surface area contributed by atoms with Gasteiger partial charge in [-0.3, -0.25) is 19.0 Å². The van der Waals surface area contributed by atoms with Crippen molar-refractivity contribution in [3.05, 3.63) is 33.3 Å². The van der Waals surface area contributed by atoms with Crippen molar-refractivity contribution in [2.24, 2.45) is 11.8 Å². The summed E-state index contributed by atoms with van der Waals surface area (Å²) in [6.07, 6.45) is 5.34. The van der Waals surface area contributed by atoms with Crippen LogP contribution in [0.15, 0.2) is 10.9 Å². The van der Waals surface area contributed by atoms with Crippen molar-refractivity contribution < 1.29 is 14.7 Å². The van der Waals surface area contributed by atoms with Crippen molar-refractivity contribution in [1.82, 2.24) is 24.4 Å². The molecule has 0 unspecified atom stereocenters. The summed E-state index contributed by atoms with van der Waals surface area (Å²) in [5, 5.41) is 27.1. The molecule has 10 nitrogen and oxygen atoms in total. The number of fused-ring (bicyclic) bond motifs is 1. The Kier molecular flexibility index (Phi) is 5.97. The maximum absolute atomic E-state index is 13.1. The molecule has 2 aliphatic rings. The second-order valence-corrected chi connectivity index (χ2v) is 9.22. The topological polar surface area (TPSA) is 133 Å². The number of hydrogen-bond acceptors (Lipinski definition) is 6. The summed E-state index contributed by atoms with van der Waals surface area (Å²) in [6, 6.07) is 2.22. The van der Waals surface area contributed by atoms with Gasteiger partial charge >= 0.3 is 0 Å². The van der Waals surface area contributed by atoms with E-state index in [-0.39, 0.29) is 29.3 Å². The fraction of sp³-hybridized carbons (Fsp3) is 0.522. The molecule has 0 aromatic carbocycles. The third-order valence-electron chi connectivity index (χ3n) is 5.98. The van der Waals surface area contributed by atoms with Gasteiger partial charge in [-0.2, -0.15) is 14.9 Å². The van der Waals surface area contributed by atoms with E-state index in [1.807, 2.05) is 13.8 Å². The number of aromatic hydroxyl groups is 1. The van der Waals surface area contributed by atoms with Gasteiger partial charge in [0.2, 0.25) is 11.8 Å². The third kappa shape index (κ3) is 4.35. The lowest BCUT2D eigenvalue weighted by molar-refractivity contribution is -0.125. The minimum Gasteiger partial charge on any atom is -0.494 e. The van der Waals surface area contributed by atoms with E-state index in [0.29, 0.717) is 43.0 Å². The normalized spacial score (nSPS) is 18.4. The average molecular weight is 453 g/mol. The Labute approximate surface area is 191 Å². The summed E-state index contributed by atoms with van der Waals surface area (Å²) in [6.45, 7) is 6.88. The maximum Gasteiger partial charge on any atom is 0.291 e. The molecule has 174 valence electrons. The van der Waals surface area contributed by atoms with Crippen molar-refractivity contribution >= 4 is 23.5 Å². The predicted molar refractivity (Wildman–Crippen MR) is 121 cm³/mol. The van der Waals surface area contributed by atoms with Crippen molar-refractivity contribution in [2.75, 3.05) is 13.1 Å². The first-order chi connectivity index (χ1) is 15.7. The van der Waals surface area contributed by atoms with Crippen LogP contribution in [-0.4, -0.2) is 55.1 Å². The van der Waals surface area contributed by atoms with Crippen LogP contribution < -0.4 is 10.9 Å². The summed E-state index contributed by atoms with van der Waals surface area (Å²) in [5.74, 6) is -1.30. The predicted octanol–water partition coefficient (Wildman–Crippen LogP) is 1.44. The Morgan fingerprint density at radius 3 is 2.67 bits per heavy atom. The monoisotopic (exact) mass is 452 g/mol. The van der Waals surface area contributed by atoms with Gasteiger partial charge < -0.3 is 15.3 Å². The van der Waals surface area contributed by atoms with Gasteiger partial charge in [0.1, 0.15) is 5.65 Å². The number of nitrogens with zero attached hydrogens (tertiary/aromatic N) is 5. The summed E-state index contributed by atoms with van der Waals surface area (Å²) < 4.78 is 2.64. The molecule has 1 saturated carbocycles. The Hall–Kier alpha value is -3.61. The molecule has 10 heteroatoms. The Morgan fingerprint density at radius 2 is 2.06 bits per heavy atom. The third-order valence-corrected chi connectivity index (χ3v) is 5.98. The lowest BCUT2D eigenvalue weighted by Crippen LogP contribution is -2.34. The molecule has 0 bridgehead atoms. The highest BCUT2D eigenvalue weighted by atomic mass is 16.3. The van der Waals surface area contributed by atoms with Crippen LogP contribution in [0.2, 0.25) is 0 Å². The molecule has 33 heavy (non-hydrogen) atoms. The molecule has 0 spiro atoms. The van der Waals surface area contributed by atoms with Crippen LogP contribution in [-0.2, 0) is 11.3 Å². The number of nitrogens with one attached hydrogen (secondary N) is 1. The zero-order chi connectivity index (χ0) is 23.9. The quantitative estimate of drug-likeness (QED) is 0.638. The molecule has 1 saturated heterocycles. The van der Waals surface area contributed by atoms with Crippen molar-refractivity contribution in [3.8, 4) is 11.9 Å². The smallest absolute Gasteiger partial charge is 0.291 e. The molecular weight excluding hydrogens is 424 g/mol. The first kappa shape index (κ1) is 22.6. The second-order valence-electron chi connectivity index (χ2n) is 9.22. The molecular formula is C23H28N6O4. The van der Waals surface area contributed by atoms with E-state index in [1.165, 1.54) is 10.6 Å². The molecule has 4 rings (SSSR count). The molecule has 2 N–H and O–H groups in total. The molecule has 0 radical (unpaired) electrons. The number of hydrogen-bond donors (Lipinski definition) is 2. The molecule has 3 heterocycles. The number of nitriles is 1. The van der Waals surface area contributed by atoms with Crippen LogP contribution in [0.25, 0.3) is 11.7 Å². The second kappa shape index (κ2) is 8.73. The average Bonchev–Trinajstić information content (AvgIpc) is 3.32. The van der Waals surface area contributed by atoms with E-state index in [9.17, 15) is 19.5 Å². The van der Waals surface area contributed by atoms with Gasteiger partial charge in [-0.05, 0) is 38.2 Å². The first-order valence-corrected chi connectivity index (χ1v) is 11.2.